The Hall–Kier alpha value is -1.01. The van der Waals surface area contributed by atoms with Gasteiger partial charge in [0.15, 0.2) is 0 Å². The molecule has 1 aliphatic rings. The van der Waals surface area contributed by atoms with Crippen molar-refractivity contribution in [2.45, 2.75) is 13.0 Å². The van der Waals surface area contributed by atoms with E-state index in [1.807, 2.05) is 14.0 Å². The molecule has 2 rings (SSSR count). The minimum Gasteiger partial charge on any atom is -0.336 e. The first-order valence-electron chi connectivity index (χ1n) is 6.04. The quantitative estimate of drug-likeness (QED) is 0.788. The summed E-state index contributed by atoms with van der Waals surface area (Å²) in [6.07, 6.45) is 0. The number of piperazine rings is 1. The van der Waals surface area contributed by atoms with Gasteiger partial charge < -0.3 is 9.80 Å². The summed E-state index contributed by atoms with van der Waals surface area (Å²) >= 11 is 3.00. The second kappa shape index (κ2) is 5.54. The highest BCUT2D eigenvalue weighted by atomic mass is 79.9. The van der Waals surface area contributed by atoms with Crippen LogP contribution in [0.1, 0.15) is 17.3 Å². The third-order valence-electron chi connectivity index (χ3n) is 3.47. The normalized spacial score (nSPS) is 20.7. The molecule has 6 heteroatoms. The van der Waals surface area contributed by atoms with Crippen molar-refractivity contribution in [3.63, 3.8) is 0 Å². The highest BCUT2D eigenvalue weighted by Crippen LogP contribution is 2.22. The van der Waals surface area contributed by atoms with E-state index in [1.54, 1.807) is 0 Å². The first-order chi connectivity index (χ1) is 8.90. The molecule has 0 N–H and O–H groups in total. The second-order valence-corrected chi connectivity index (χ2v) is 5.74. The smallest absolute Gasteiger partial charge is 0.259 e. The Balaban J connectivity index is 2.25. The van der Waals surface area contributed by atoms with Gasteiger partial charge in [-0.15, -0.1) is 0 Å². The lowest BCUT2D eigenvalue weighted by Crippen LogP contribution is -2.52. The molecule has 0 spiro atoms. The molecular weight excluding hydrogens is 318 g/mol. The average molecular weight is 333 g/mol. The molecule has 1 aromatic carbocycles. The van der Waals surface area contributed by atoms with Crippen LogP contribution in [0.5, 0.6) is 0 Å². The molecule has 1 amide bonds. The molecule has 0 bridgehead atoms. The van der Waals surface area contributed by atoms with Gasteiger partial charge in [-0.05, 0) is 26.1 Å². The highest BCUT2D eigenvalue weighted by Gasteiger charge is 2.28. The number of nitrogens with zero attached hydrogens (tertiary/aromatic N) is 2. The number of benzene rings is 1. The molecule has 1 fully saturated rings. The monoisotopic (exact) mass is 332 g/mol. The SMILES string of the molecule is CC1CN(C(=O)c2c(F)cc(Br)cc2F)CCN1C. The molecule has 1 aliphatic heterocycles. The van der Waals surface area contributed by atoms with Gasteiger partial charge in [-0.1, -0.05) is 15.9 Å². The summed E-state index contributed by atoms with van der Waals surface area (Å²) in [5.74, 6) is -2.24. The molecule has 1 saturated heterocycles. The zero-order valence-electron chi connectivity index (χ0n) is 10.8. The third-order valence-corrected chi connectivity index (χ3v) is 3.93. The van der Waals surface area contributed by atoms with Crippen molar-refractivity contribution in [2.75, 3.05) is 26.7 Å². The molecular formula is C13H15BrF2N2O. The van der Waals surface area contributed by atoms with Crippen molar-refractivity contribution in [1.29, 1.82) is 0 Å². The van der Waals surface area contributed by atoms with Crippen LogP contribution in [0, 0.1) is 11.6 Å². The number of hydrogen-bond acceptors (Lipinski definition) is 2. The molecule has 0 saturated carbocycles. The van der Waals surface area contributed by atoms with Crippen molar-refractivity contribution >= 4 is 21.8 Å². The van der Waals surface area contributed by atoms with Crippen molar-refractivity contribution in [3.8, 4) is 0 Å². The molecule has 1 atom stereocenters. The van der Waals surface area contributed by atoms with E-state index in [4.69, 9.17) is 0 Å². The maximum absolute atomic E-state index is 13.8. The molecule has 0 radical (unpaired) electrons. The molecule has 0 aliphatic carbocycles. The van der Waals surface area contributed by atoms with Crippen LogP contribution in [0.2, 0.25) is 0 Å². The van der Waals surface area contributed by atoms with E-state index in [1.165, 1.54) is 4.90 Å². The topological polar surface area (TPSA) is 23.6 Å². The van der Waals surface area contributed by atoms with Crippen LogP contribution >= 0.6 is 15.9 Å². The maximum atomic E-state index is 13.8. The standard InChI is InChI=1S/C13H15BrF2N2O/c1-8-7-18(4-3-17(8)2)13(19)12-10(15)5-9(14)6-11(12)16/h5-6,8H,3-4,7H2,1-2H3. The number of halogens is 3. The summed E-state index contributed by atoms with van der Waals surface area (Å²) < 4.78 is 27.8. The lowest BCUT2D eigenvalue weighted by atomic mass is 10.1. The largest absolute Gasteiger partial charge is 0.336 e. The van der Waals surface area contributed by atoms with Crippen molar-refractivity contribution in [2.24, 2.45) is 0 Å². The Bertz CT molecular complexity index is 486. The molecule has 1 heterocycles. The van der Waals surface area contributed by atoms with Crippen LogP contribution in [0.4, 0.5) is 8.78 Å². The molecule has 104 valence electrons. The number of rotatable bonds is 1. The zero-order chi connectivity index (χ0) is 14.2. The summed E-state index contributed by atoms with van der Waals surface area (Å²) in [5, 5.41) is 0. The van der Waals surface area contributed by atoms with E-state index in [2.05, 4.69) is 20.8 Å². The Morgan fingerprint density at radius 1 is 1.32 bits per heavy atom. The van der Waals surface area contributed by atoms with E-state index in [0.29, 0.717) is 19.6 Å². The number of amides is 1. The second-order valence-electron chi connectivity index (χ2n) is 4.83. The van der Waals surface area contributed by atoms with E-state index in [0.717, 1.165) is 12.1 Å². The number of hydrogen-bond donors (Lipinski definition) is 0. The van der Waals surface area contributed by atoms with Gasteiger partial charge in [0.1, 0.15) is 17.2 Å². The number of likely N-dealkylation sites (N-methyl/N-ethyl adjacent to an activating group) is 1. The summed E-state index contributed by atoms with van der Waals surface area (Å²) in [5.41, 5.74) is -0.472. The van der Waals surface area contributed by atoms with Crippen molar-refractivity contribution in [1.82, 2.24) is 9.80 Å². The minimum atomic E-state index is -0.830. The van der Waals surface area contributed by atoms with Gasteiger partial charge in [0.05, 0.1) is 0 Å². The van der Waals surface area contributed by atoms with Crippen molar-refractivity contribution < 1.29 is 13.6 Å². The molecule has 1 unspecified atom stereocenters. The number of carbonyl (C=O) groups excluding carboxylic acids is 1. The summed E-state index contributed by atoms with van der Waals surface area (Å²) in [4.78, 5) is 15.8. The molecule has 1 aromatic rings. The van der Waals surface area contributed by atoms with Gasteiger partial charge in [-0.3, -0.25) is 4.79 Å². The predicted molar refractivity (Wildman–Crippen MR) is 72.1 cm³/mol. The van der Waals surface area contributed by atoms with Gasteiger partial charge in [0, 0.05) is 30.1 Å². The van der Waals surface area contributed by atoms with Crippen molar-refractivity contribution in [3.05, 3.63) is 33.8 Å². The lowest BCUT2D eigenvalue weighted by Gasteiger charge is -2.37. The van der Waals surface area contributed by atoms with Crippen LogP contribution in [-0.2, 0) is 0 Å². The lowest BCUT2D eigenvalue weighted by molar-refractivity contribution is 0.0563. The van der Waals surface area contributed by atoms with Crippen LogP contribution in [-0.4, -0.2) is 48.4 Å². The van der Waals surface area contributed by atoms with Gasteiger partial charge >= 0.3 is 0 Å². The van der Waals surface area contributed by atoms with E-state index in [-0.39, 0.29) is 10.5 Å². The highest BCUT2D eigenvalue weighted by molar-refractivity contribution is 9.10. The average Bonchev–Trinajstić information content (AvgIpc) is 2.31. The first-order valence-corrected chi connectivity index (χ1v) is 6.83. The fourth-order valence-corrected chi connectivity index (χ4v) is 2.54. The summed E-state index contributed by atoms with van der Waals surface area (Å²) in [6, 6.07) is 2.39. The Kier molecular flexibility index (Phi) is 4.20. The minimum absolute atomic E-state index is 0.180. The van der Waals surface area contributed by atoms with E-state index >= 15 is 0 Å². The van der Waals surface area contributed by atoms with Crippen LogP contribution in [0.3, 0.4) is 0 Å². The van der Waals surface area contributed by atoms with Crippen LogP contribution in [0.25, 0.3) is 0 Å². The predicted octanol–water partition coefficient (Wildman–Crippen LogP) is 2.50. The Labute approximate surface area is 119 Å². The molecule has 19 heavy (non-hydrogen) atoms. The van der Waals surface area contributed by atoms with Gasteiger partial charge in [0.2, 0.25) is 0 Å². The van der Waals surface area contributed by atoms with E-state index < -0.39 is 23.1 Å². The maximum Gasteiger partial charge on any atom is 0.259 e. The zero-order valence-corrected chi connectivity index (χ0v) is 12.4. The summed E-state index contributed by atoms with van der Waals surface area (Å²) in [7, 11) is 1.97. The van der Waals surface area contributed by atoms with Gasteiger partial charge in [0.25, 0.3) is 5.91 Å². The Morgan fingerprint density at radius 2 is 1.89 bits per heavy atom. The van der Waals surface area contributed by atoms with E-state index in [9.17, 15) is 13.6 Å². The summed E-state index contributed by atoms with van der Waals surface area (Å²) in [6.45, 7) is 3.64. The Morgan fingerprint density at radius 3 is 2.42 bits per heavy atom. The molecule has 3 nitrogen and oxygen atoms in total. The van der Waals surface area contributed by atoms with Gasteiger partial charge in [-0.2, -0.15) is 0 Å². The van der Waals surface area contributed by atoms with Crippen LogP contribution in [0.15, 0.2) is 16.6 Å². The fraction of sp³-hybridized carbons (Fsp3) is 0.462. The third kappa shape index (κ3) is 2.95. The van der Waals surface area contributed by atoms with Crippen LogP contribution < -0.4 is 0 Å². The van der Waals surface area contributed by atoms with Gasteiger partial charge in [-0.25, -0.2) is 8.78 Å². The molecule has 0 aromatic heterocycles. The first kappa shape index (κ1) is 14.4. The fourth-order valence-electron chi connectivity index (χ4n) is 2.14. The number of carbonyl (C=O) groups is 1.